The second-order valence-electron chi connectivity index (χ2n) is 6.36. The minimum atomic E-state index is -0.0963. The Morgan fingerprint density at radius 1 is 1.12 bits per heavy atom. The molecule has 0 unspecified atom stereocenters. The summed E-state index contributed by atoms with van der Waals surface area (Å²) in [6.07, 6.45) is 1.83. The first-order valence-electron chi connectivity index (χ1n) is 8.34. The van der Waals surface area contributed by atoms with Crippen LogP contribution in [0.15, 0.2) is 42.5 Å². The van der Waals surface area contributed by atoms with Crippen LogP contribution in [0.3, 0.4) is 0 Å². The predicted molar refractivity (Wildman–Crippen MR) is 103 cm³/mol. The summed E-state index contributed by atoms with van der Waals surface area (Å²) in [6, 6.07) is 13.1. The van der Waals surface area contributed by atoms with Gasteiger partial charge in [-0.15, -0.1) is 0 Å². The first-order chi connectivity index (χ1) is 12.0. The smallest absolute Gasteiger partial charge is 0.253 e. The molecule has 0 bridgehead atoms. The Hall–Kier alpha value is -1.75. The number of rotatable bonds is 4. The first kappa shape index (κ1) is 18.1. The van der Waals surface area contributed by atoms with Gasteiger partial charge in [-0.25, -0.2) is 0 Å². The minimum Gasteiger partial charge on any atom is -0.398 e. The van der Waals surface area contributed by atoms with E-state index < -0.39 is 0 Å². The van der Waals surface area contributed by atoms with E-state index in [4.69, 9.17) is 28.9 Å². The van der Waals surface area contributed by atoms with Gasteiger partial charge in [-0.1, -0.05) is 41.4 Å². The van der Waals surface area contributed by atoms with Crippen molar-refractivity contribution in [2.75, 3.05) is 18.8 Å². The molecule has 3 rings (SSSR count). The van der Waals surface area contributed by atoms with Gasteiger partial charge in [0.05, 0.1) is 15.6 Å². The number of nitrogens with two attached hydrogens (primary N) is 1. The third-order valence-electron chi connectivity index (χ3n) is 4.52. The van der Waals surface area contributed by atoms with E-state index in [1.54, 1.807) is 12.1 Å². The zero-order chi connectivity index (χ0) is 17.8. The van der Waals surface area contributed by atoms with Crippen molar-refractivity contribution < 1.29 is 4.79 Å². The molecule has 3 N–H and O–H groups in total. The molecule has 25 heavy (non-hydrogen) atoms. The normalized spacial score (nSPS) is 15.9. The van der Waals surface area contributed by atoms with E-state index in [0.29, 0.717) is 21.3 Å². The molecule has 0 saturated carbocycles. The Morgan fingerprint density at radius 2 is 1.84 bits per heavy atom. The summed E-state index contributed by atoms with van der Waals surface area (Å²) in [4.78, 5) is 14.7. The number of hydrogen-bond donors (Lipinski definition) is 2. The van der Waals surface area contributed by atoms with Crippen molar-refractivity contribution in [3.63, 3.8) is 0 Å². The van der Waals surface area contributed by atoms with Gasteiger partial charge >= 0.3 is 0 Å². The molecule has 1 aliphatic heterocycles. The molecule has 1 aliphatic rings. The molecule has 1 heterocycles. The number of amides is 1. The molecule has 0 aromatic heterocycles. The summed E-state index contributed by atoms with van der Waals surface area (Å²) in [5, 5.41) is 4.25. The van der Waals surface area contributed by atoms with Crippen LogP contribution in [0.2, 0.25) is 10.0 Å². The Morgan fingerprint density at radius 3 is 2.52 bits per heavy atom. The number of nitrogens with one attached hydrogen (secondary N) is 1. The molecule has 2 aromatic rings. The van der Waals surface area contributed by atoms with Crippen LogP contribution in [0.1, 0.15) is 28.8 Å². The summed E-state index contributed by atoms with van der Waals surface area (Å²) in [5.74, 6) is -0.0963. The number of benzene rings is 2. The quantitative estimate of drug-likeness (QED) is 0.792. The van der Waals surface area contributed by atoms with E-state index >= 15 is 0 Å². The van der Waals surface area contributed by atoms with Crippen molar-refractivity contribution in [3.8, 4) is 0 Å². The number of para-hydroxylation sites is 1. The van der Waals surface area contributed by atoms with Gasteiger partial charge in [0.1, 0.15) is 0 Å². The number of halogens is 2. The maximum atomic E-state index is 12.3. The lowest BCUT2D eigenvalue weighted by Crippen LogP contribution is -2.44. The molecule has 1 fully saturated rings. The highest BCUT2D eigenvalue weighted by molar-refractivity contribution is 6.42. The second kappa shape index (κ2) is 8.09. The summed E-state index contributed by atoms with van der Waals surface area (Å²) in [7, 11) is 0. The fraction of sp³-hybridized carbons (Fsp3) is 0.316. The summed E-state index contributed by atoms with van der Waals surface area (Å²) < 4.78 is 0. The molecule has 0 radical (unpaired) electrons. The van der Waals surface area contributed by atoms with E-state index in [-0.39, 0.29) is 11.9 Å². The van der Waals surface area contributed by atoms with E-state index in [0.717, 1.165) is 38.0 Å². The van der Waals surface area contributed by atoms with Gasteiger partial charge in [-0.2, -0.15) is 0 Å². The Balaban J connectivity index is 1.51. The topological polar surface area (TPSA) is 58.4 Å². The van der Waals surface area contributed by atoms with Gasteiger partial charge in [-0.05, 0) is 42.7 Å². The van der Waals surface area contributed by atoms with Gasteiger partial charge in [-0.3, -0.25) is 9.69 Å². The van der Waals surface area contributed by atoms with Crippen LogP contribution in [0.5, 0.6) is 0 Å². The van der Waals surface area contributed by atoms with Crippen LogP contribution in [-0.4, -0.2) is 29.9 Å². The van der Waals surface area contributed by atoms with Crippen LogP contribution in [0.25, 0.3) is 0 Å². The molecular weight excluding hydrogens is 357 g/mol. The van der Waals surface area contributed by atoms with Crippen molar-refractivity contribution in [3.05, 3.63) is 63.6 Å². The van der Waals surface area contributed by atoms with Crippen molar-refractivity contribution in [1.29, 1.82) is 0 Å². The number of carbonyl (C=O) groups is 1. The molecule has 4 nitrogen and oxygen atoms in total. The van der Waals surface area contributed by atoms with E-state index in [9.17, 15) is 4.79 Å². The minimum absolute atomic E-state index is 0.0963. The highest BCUT2D eigenvalue weighted by Crippen LogP contribution is 2.24. The predicted octanol–water partition coefficient (Wildman–Crippen LogP) is 3.97. The molecule has 0 atom stereocenters. The van der Waals surface area contributed by atoms with Crippen molar-refractivity contribution in [2.24, 2.45) is 0 Å². The molecule has 1 saturated heterocycles. The SMILES string of the molecule is Nc1ccccc1C(=O)NC1CCN(Cc2ccc(Cl)c(Cl)c2)CC1. The van der Waals surface area contributed by atoms with Crippen LogP contribution >= 0.6 is 23.2 Å². The lowest BCUT2D eigenvalue weighted by molar-refractivity contribution is 0.0910. The molecular formula is C19H21Cl2N3O. The van der Waals surface area contributed by atoms with Crippen molar-refractivity contribution >= 4 is 34.8 Å². The monoisotopic (exact) mass is 377 g/mol. The largest absolute Gasteiger partial charge is 0.398 e. The van der Waals surface area contributed by atoms with Crippen LogP contribution in [-0.2, 0) is 6.54 Å². The maximum Gasteiger partial charge on any atom is 0.253 e. The standard InChI is InChI=1S/C19H21Cl2N3O/c20-16-6-5-13(11-17(16)21)12-24-9-7-14(8-10-24)23-19(25)15-3-1-2-4-18(15)22/h1-6,11,14H,7-10,12,22H2,(H,23,25). The Bertz CT molecular complexity index is 758. The molecule has 6 heteroatoms. The van der Waals surface area contributed by atoms with E-state index in [1.807, 2.05) is 30.3 Å². The molecule has 0 aliphatic carbocycles. The number of hydrogen-bond acceptors (Lipinski definition) is 3. The van der Waals surface area contributed by atoms with Crippen molar-refractivity contribution in [1.82, 2.24) is 10.2 Å². The fourth-order valence-corrected chi connectivity index (χ4v) is 3.42. The highest BCUT2D eigenvalue weighted by atomic mass is 35.5. The maximum absolute atomic E-state index is 12.3. The number of carbonyl (C=O) groups excluding carboxylic acids is 1. The average molecular weight is 378 g/mol. The summed E-state index contributed by atoms with van der Waals surface area (Å²) >= 11 is 12.0. The van der Waals surface area contributed by atoms with Gasteiger partial charge in [0, 0.05) is 31.4 Å². The lowest BCUT2D eigenvalue weighted by Gasteiger charge is -2.32. The molecule has 2 aromatic carbocycles. The lowest BCUT2D eigenvalue weighted by atomic mass is 10.0. The average Bonchev–Trinajstić information content (AvgIpc) is 2.60. The summed E-state index contributed by atoms with van der Waals surface area (Å²) in [6.45, 7) is 2.69. The third kappa shape index (κ3) is 4.66. The summed E-state index contributed by atoms with van der Waals surface area (Å²) in [5.41, 5.74) is 8.07. The van der Waals surface area contributed by atoms with Gasteiger partial charge in [0.15, 0.2) is 0 Å². The van der Waals surface area contributed by atoms with Gasteiger partial charge in [0.25, 0.3) is 5.91 Å². The number of nitrogens with zero attached hydrogens (tertiary/aromatic N) is 1. The van der Waals surface area contributed by atoms with Crippen molar-refractivity contribution in [2.45, 2.75) is 25.4 Å². The second-order valence-corrected chi connectivity index (χ2v) is 7.17. The number of likely N-dealkylation sites (tertiary alicyclic amines) is 1. The molecule has 132 valence electrons. The van der Waals surface area contributed by atoms with Crippen LogP contribution in [0.4, 0.5) is 5.69 Å². The van der Waals surface area contributed by atoms with Gasteiger partial charge in [0.2, 0.25) is 0 Å². The first-order valence-corrected chi connectivity index (χ1v) is 9.10. The number of piperidine rings is 1. The fourth-order valence-electron chi connectivity index (χ4n) is 3.10. The Kier molecular flexibility index (Phi) is 5.84. The van der Waals surface area contributed by atoms with E-state index in [1.165, 1.54) is 0 Å². The zero-order valence-electron chi connectivity index (χ0n) is 13.8. The van der Waals surface area contributed by atoms with Gasteiger partial charge < -0.3 is 11.1 Å². The molecule has 1 amide bonds. The third-order valence-corrected chi connectivity index (χ3v) is 5.26. The van der Waals surface area contributed by atoms with Crippen LogP contribution < -0.4 is 11.1 Å². The number of nitrogen functional groups attached to an aromatic ring is 1. The van der Waals surface area contributed by atoms with Crippen LogP contribution in [0, 0.1) is 0 Å². The Labute approximate surface area is 157 Å². The van der Waals surface area contributed by atoms with E-state index in [2.05, 4.69) is 10.2 Å². The molecule has 0 spiro atoms. The zero-order valence-corrected chi connectivity index (χ0v) is 15.4. The highest BCUT2D eigenvalue weighted by Gasteiger charge is 2.22. The number of anilines is 1.